The van der Waals surface area contributed by atoms with Gasteiger partial charge in [0.2, 0.25) is 5.91 Å². The molecule has 0 spiro atoms. The van der Waals surface area contributed by atoms with Gasteiger partial charge in [-0.2, -0.15) is 0 Å². The van der Waals surface area contributed by atoms with E-state index >= 15 is 0 Å². The Kier molecular flexibility index (Phi) is 9.37. The van der Waals surface area contributed by atoms with Crippen molar-refractivity contribution >= 4 is 46.2 Å². The average molecular weight is 606 g/mol. The summed E-state index contributed by atoms with van der Waals surface area (Å²) in [7, 11) is 3.48. The number of ether oxygens (including phenoxy) is 1. The fourth-order valence-corrected chi connectivity index (χ4v) is 6.18. The second-order valence-electron chi connectivity index (χ2n) is 11.0. The van der Waals surface area contributed by atoms with Crippen LogP contribution in [-0.2, 0) is 11.2 Å². The molecule has 3 aromatic rings. The first-order valence-electron chi connectivity index (χ1n) is 14.1. The number of carboxylic acids is 1. The number of aromatic carboxylic acids is 1. The summed E-state index contributed by atoms with van der Waals surface area (Å²) in [5.41, 5.74) is 6.41. The number of amides is 1. The van der Waals surface area contributed by atoms with Gasteiger partial charge >= 0.3 is 5.97 Å². The van der Waals surface area contributed by atoms with E-state index in [-0.39, 0.29) is 17.6 Å². The number of fused-ring (bicyclic) bond motifs is 1. The Balaban J connectivity index is 1.41. The molecule has 8 heteroatoms. The summed E-state index contributed by atoms with van der Waals surface area (Å²) in [6, 6.07) is 19.1. The van der Waals surface area contributed by atoms with E-state index < -0.39 is 5.97 Å². The summed E-state index contributed by atoms with van der Waals surface area (Å²) in [6.45, 7) is 2.42. The predicted molar refractivity (Wildman–Crippen MR) is 168 cm³/mol. The van der Waals surface area contributed by atoms with Crippen LogP contribution in [0.25, 0.3) is 11.1 Å². The molecule has 1 fully saturated rings. The third-order valence-corrected chi connectivity index (χ3v) is 8.34. The van der Waals surface area contributed by atoms with Crippen LogP contribution in [0.1, 0.15) is 51.9 Å². The normalized spacial score (nSPS) is 17.3. The number of nitrogens with zero attached hydrogens (tertiary/aromatic N) is 2. The molecule has 218 valence electrons. The maximum absolute atomic E-state index is 11.8. The highest BCUT2D eigenvalue weighted by molar-refractivity contribution is 6.36. The van der Waals surface area contributed by atoms with Gasteiger partial charge in [-0.15, -0.1) is 0 Å². The van der Waals surface area contributed by atoms with Crippen LogP contribution in [0.2, 0.25) is 10.0 Å². The molecular formula is C34H34Cl2N2O4. The maximum atomic E-state index is 11.8. The molecule has 1 aliphatic heterocycles. The number of allylic oxidation sites excluding steroid dienone is 1. The highest BCUT2D eigenvalue weighted by Crippen LogP contribution is 2.42. The van der Waals surface area contributed by atoms with Gasteiger partial charge in [0.15, 0.2) is 0 Å². The molecule has 6 nitrogen and oxygen atoms in total. The van der Waals surface area contributed by atoms with Gasteiger partial charge in [-0.1, -0.05) is 53.5 Å². The van der Waals surface area contributed by atoms with E-state index in [1.165, 1.54) is 0 Å². The minimum absolute atomic E-state index is 0.0164. The predicted octanol–water partition coefficient (Wildman–Crippen LogP) is 7.08. The molecule has 1 saturated heterocycles. The van der Waals surface area contributed by atoms with Gasteiger partial charge in [0.25, 0.3) is 0 Å². The number of benzene rings is 3. The van der Waals surface area contributed by atoms with Crippen molar-refractivity contribution in [3.63, 3.8) is 0 Å². The summed E-state index contributed by atoms with van der Waals surface area (Å²) in [4.78, 5) is 27.3. The zero-order chi connectivity index (χ0) is 29.8. The first-order valence-corrected chi connectivity index (χ1v) is 14.9. The number of aryl methyl sites for hydroxylation is 1. The summed E-state index contributed by atoms with van der Waals surface area (Å²) in [6.07, 6.45) is 6.94. The zero-order valence-electron chi connectivity index (χ0n) is 23.8. The topological polar surface area (TPSA) is 70.1 Å². The summed E-state index contributed by atoms with van der Waals surface area (Å²) in [5, 5.41) is 10.8. The highest BCUT2D eigenvalue weighted by Gasteiger charge is 2.25. The number of rotatable bonds is 8. The van der Waals surface area contributed by atoms with Crippen molar-refractivity contribution in [2.45, 2.75) is 31.8 Å². The fourth-order valence-electron chi connectivity index (χ4n) is 5.66. The van der Waals surface area contributed by atoms with Gasteiger partial charge in [0.05, 0.1) is 5.56 Å². The van der Waals surface area contributed by atoms with E-state index in [0.717, 1.165) is 77.9 Å². The zero-order valence-corrected chi connectivity index (χ0v) is 25.3. The molecule has 0 aromatic heterocycles. The van der Waals surface area contributed by atoms with Crippen LogP contribution in [0.15, 0.2) is 72.8 Å². The number of carboxylic acid groups (broad SMARTS) is 1. The third kappa shape index (κ3) is 6.89. The molecule has 3 aromatic carbocycles. The lowest BCUT2D eigenvalue weighted by molar-refractivity contribution is -0.123. The number of carbonyl (C=O) groups is 2. The SMILES string of the molecule is CN(C)C(=O)C=CCN1CC[C@H](Oc2ccc(C3=C(c4ccc(Cl)cc4Cl)CCCc4cc(C(=O)O)ccc43)cc2)C1. The van der Waals surface area contributed by atoms with Crippen molar-refractivity contribution in [1.82, 2.24) is 9.80 Å². The van der Waals surface area contributed by atoms with E-state index in [1.807, 2.05) is 36.4 Å². The van der Waals surface area contributed by atoms with E-state index in [2.05, 4.69) is 17.0 Å². The Bertz CT molecular complexity index is 1550. The van der Waals surface area contributed by atoms with Crippen LogP contribution >= 0.6 is 23.2 Å². The number of carbonyl (C=O) groups excluding carboxylic acids is 1. The molecule has 0 saturated carbocycles. The van der Waals surface area contributed by atoms with Crippen LogP contribution in [0.4, 0.5) is 0 Å². The van der Waals surface area contributed by atoms with Crippen molar-refractivity contribution in [2.24, 2.45) is 0 Å². The first kappa shape index (κ1) is 29.9. The molecule has 2 aliphatic rings. The van der Waals surface area contributed by atoms with Crippen molar-refractivity contribution in [3.05, 3.63) is 111 Å². The smallest absolute Gasteiger partial charge is 0.335 e. The molecule has 1 atom stereocenters. The molecule has 0 bridgehead atoms. The molecule has 0 radical (unpaired) electrons. The van der Waals surface area contributed by atoms with E-state index in [4.69, 9.17) is 27.9 Å². The van der Waals surface area contributed by atoms with Crippen molar-refractivity contribution < 1.29 is 19.4 Å². The Morgan fingerprint density at radius 1 is 1.02 bits per heavy atom. The fraction of sp³-hybridized carbons (Fsp3) is 0.294. The van der Waals surface area contributed by atoms with Crippen molar-refractivity contribution in [2.75, 3.05) is 33.7 Å². The van der Waals surface area contributed by atoms with Gasteiger partial charge in [-0.25, -0.2) is 4.79 Å². The standard InChI is InChI=1S/C34H34Cl2N2O4/c1-37(2)32(39)7-4-17-38-18-16-27(21-38)42-26-12-8-22(9-13-26)33-28-14-10-24(34(40)41)19-23(28)5-3-6-30(33)29-15-11-25(35)20-31(29)36/h4,7-15,19-20,27H,3,5-6,16-18,21H2,1-2H3,(H,40,41)/t27-/m0/s1. The Morgan fingerprint density at radius 2 is 1.79 bits per heavy atom. The number of likely N-dealkylation sites (tertiary alicyclic amines) is 1. The van der Waals surface area contributed by atoms with Crippen LogP contribution < -0.4 is 4.74 Å². The number of hydrogen-bond donors (Lipinski definition) is 1. The number of halogens is 2. The van der Waals surface area contributed by atoms with E-state index in [9.17, 15) is 14.7 Å². The minimum Gasteiger partial charge on any atom is -0.489 e. The third-order valence-electron chi connectivity index (χ3n) is 7.79. The lowest BCUT2D eigenvalue weighted by Gasteiger charge is -2.19. The monoisotopic (exact) mass is 604 g/mol. The Labute approximate surface area is 256 Å². The minimum atomic E-state index is -0.932. The van der Waals surface area contributed by atoms with Gasteiger partial charge < -0.3 is 14.7 Å². The molecule has 1 heterocycles. The van der Waals surface area contributed by atoms with Crippen molar-refractivity contribution in [1.29, 1.82) is 0 Å². The van der Waals surface area contributed by atoms with Crippen LogP contribution in [0, 0.1) is 0 Å². The molecule has 1 aliphatic carbocycles. The summed E-state index contributed by atoms with van der Waals surface area (Å²) in [5.74, 6) is -0.151. The molecule has 1 N–H and O–H groups in total. The van der Waals surface area contributed by atoms with Gasteiger partial charge in [0.1, 0.15) is 11.9 Å². The van der Waals surface area contributed by atoms with E-state index in [0.29, 0.717) is 16.6 Å². The van der Waals surface area contributed by atoms with Gasteiger partial charge in [-0.05, 0) is 95.5 Å². The van der Waals surface area contributed by atoms with Gasteiger partial charge in [0, 0.05) is 49.9 Å². The molecule has 5 rings (SSSR count). The molecular weight excluding hydrogens is 571 g/mol. The first-order chi connectivity index (χ1) is 20.2. The van der Waals surface area contributed by atoms with Crippen molar-refractivity contribution in [3.8, 4) is 5.75 Å². The molecule has 0 unspecified atom stereocenters. The highest BCUT2D eigenvalue weighted by atomic mass is 35.5. The van der Waals surface area contributed by atoms with Crippen LogP contribution in [0.3, 0.4) is 0 Å². The van der Waals surface area contributed by atoms with E-state index in [1.54, 1.807) is 43.3 Å². The Hall–Kier alpha value is -3.58. The quantitative estimate of drug-likeness (QED) is 0.278. The van der Waals surface area contributed by atoms with Crippen LogP contribution in [0.5, 0.6) is 5.75 Å². The number of likely N-dealkylation sites (N-methyl/N-ethyl adjacent to an activating group) is 1. The maximum Gasteiger partial charge on any atom is 0.335 e. The lowest BCUT2D eigenvalue weighted by atomic mass is 9.87. The lowest BCUT2D eigenvalue weighted by Crippen LogP contribution is -2.25. The second kappa shape index (κ2) is 13.2. The van der Waals surface area contributed by atoms with Crippen LogP contribution in [-0.4, -0.2) is 66.6 Å². The summed E-state index contributed by atoms with van der Waals surface area (Å²) >= 11 is 12.9. The second-order valence-corrected chi connectivity index (χ2v) is 11.8. The molecule has 1 amide bonds. The summed E-state index contributed by atoms with van der Waals surface area (Å²) < 4.78 is 6.34. The number of hydrogen-bond acceptors (Lipinski definition) is 4. The molecule has 42 heavy (non-hydrogen) atoms. The average Bonchev–Trinajstić information content (AvgIpc) is 3.31. The largest absolute Gasteiger partial charge is 0.489 e. The Morgan fingerprint density at radius 3 is 2.50 bits per heavy atom. The van der Waals surface area contributed by atoms with Gasteiger partial charge in [-0.3, -0.25) is 9.69 Å².